The molecule has 0 unspecified atom stereocenters. The molecule has 1 heterocycles. The maximum absolute atomic E-state index is 13.6. The van der Waals surface area contributed by atoms with Crippen LogP contribution in [0.25, 0.3) is 0 Å². The van der Waals surface area contributed by atoms with Crippen molar-refractivity contribution in [3.05, 3.63) is 76.8 Å². The normalized spacial score (nSPS) is 10.4. The summed E-state index contributed by atoms with van der Waals surface area (Å²) in [7, 11) is 0. The van der Waals surface area contributed by atoms with E-state index >= 15 is 0 Å². The van der Waals surface area contributed by atoms with Crippen molar-refractivity contribution in [3.63, 3.8) is 0 Å². The number of rotatable bonds is 6. The molecule has 10 heteroatoms. The predicted octanol–water partition coefficient (Wildman–Crippen LogP) is 4.39. The summed E-state index contributed by atoms with van der Waals surface area (Å²) < 4.78 is 26.7. The Labute approximate surface area is 173 Å². The summed E-state index contributed by atoms with van der Waals surface area (Å²) in [6.07, 6.45) is 0. The van der Waals surface area contributed by atoms with E-state index in [0.717, 1.165) is 17.8 Å². The number of halogens is 3. The molecular formula is C19H13ClF2N4O2S. The van der Waals surface area contributed by atoms with Crippen LogP contribution < -0.4 is 10.6 Å². The van der Waals surface area contributed by atoms with Gasteiger partial charge in [-0.05, 0) is 42.5 Å². The van der Waals surface area contributed by atoms with Gasteiger partial charge >= 0.3 is 0 Å². The zero-order valence-corrected chi connectivity index (χ0v) is 16.2. The van der Waals surface area contributed by atoms with Crippen LogP contribution in [-0.4, -0.2) is 27.8 Å². The highest BCUT2D eigenvalue weighted by Gasteiger charge is 2.12. The van der Waals surface area contributed by atoms with Gasteiger partial charge in [0.25, 0.3) is 5.91 Å². The first-order chi connectivity index (χ1) is 13.9. The molecule has 0 fully saturated rings. The molecule has 0 aliphatic heterocycles. The van der Waals surface area contributed by atoms with Gasteiger partial charge in [-0.25, -0.2) is 8.78 Å². The summed E-state index contributed by atoms with van der Waals surface area (Å²) >= 11 is 6.78. The third kappa shape index (κ3) is 5.72. The molecule has 2 aromatic carbocycles. The molecule has 148 valence electrons. The van der Waals surface area contributed by atoms with Crippen LogP contribution >= 0.6 is 23.4 Å². The number of nitrogens with one attached hydrogen (secondary N) is 2. The number of aromatic nitrogens is 2. The first kappa shape index (κ1) is 20.7. The zero-order chi connectivity index (χ0) is 20.8. The van der Waals surface area contributed by atoms with E-state index in [2.05, 4.69) is 20.8 Å². The van der Waals surface area contributed by atoms with E-state index in [-0.39, 0.29) is 28.1 Å². The van der Waals surface area contributed by atoms with Gasteiger partial charge in [-0.3, -0.25) is 9.59 Å². The van der Waals surface area contributed by atoms with Gasteiger partial charge in [0.05, 0.1) is 16.3 Å². The van der Waals surface area contributed by atoms with Gasteiger partial charge in [-0.2, -0.15) is 0 Å². The van der Waals surface area contributed by atoms with Crippen molar-refractivity contribution >= 4 is 46.7 Å². The van der Waals surface area contributed by atoms with Crippen molar-refractivity contribution in [2.75, 3.05) is 16.4 Å². The summed E-state index contributed by atoms with van der Waals surface area (Å²) in [6.45, 7) is 0. The molecule has 2 N–H and O–H groups in total. The monoisotopic (exact) mass is 434 g/mol. The van der Waals surface area contributed by atoms with Gasteiger partial charge in [0.1, 0.15) is 16.7 Å². The van der Waals surface area contributed by atoms with Crippen LogP contribution in [-0.2, 0) is 4.79 Å². The minimum Gasteiger partial charge on any atom is -0.325 e. The highest BCUT2D eigenvalue weighted by Crippen LogP contribution is 2.20. The molecular weight excluding hydrogens is 422 g/mol. The van der Waals surface area contributed by atoms with Gasteiger partial charge < -0.3 is 10.6 Å². The lowest BCUT2D eigenvalue weighted by Crippen LogP contribution is -2.15. The molecule has 1 aromatic heterocycles. The van der Waals surface area contributed by atoms with Gasteiger partial charge in [0.15, 0.2) is 5.82 Å². The minimum absolute atomic E-state index is 0.0323. The molecule has 0 saturated carbocycles. The second kappa shape index (κ2) is 9.44. The third-order valence-corrected chi connectivity index (χ3v) is 4.76. The lowest BCUT2D eigenvalue weighted by atomic mass is 10.2. The van der Waals surface area contributed by atoms with Crippen LogP contribution in [0.3, 0.4) is 0 Å². The summed E-state index contributed by atoms with van der Waals surface area (Å²) in [5, 5.41) is 13.1. The Morgan fingerprint density at radius 1 is 0.966 bits per heavy atom. The Morgan fingerprint density at radius 3 is 2.45 bits per heavy atom. The number of carbonyl (C=O) groups is 2. The highest BCUT2D eigenvalue weighted by atomic mass is 35.5. The Morgan fingerprint density at radius 2 is 1.76 bits per heavy atom. The standard InChI is InChI=1S/C19H13ClF2N4O2S/c20-13-9-11(5-6-15(13)22)23-17(27)10-29-18-8-7-16(25-26-18)24-19(28)12-3-1-2-4-14(12)21/h1-9H,10H2,(H,23,27)(H,24,25,28). The van der Waals surface area contributed by atoms with Crippen LogP contribution in [0.2, 0.25) is 5.02 Å². The fraction of sp³-hybridized carbons (Fsp3) is 0.0526. The number of amides is 2. The lowest BCUT2D eigenvalue weighted by molar-refractivity contribution is -0.113. The van der Waals surface area contributed by atoms with Gasteiger partial charge in [-0.1, -0.05) is 35.5 Å². The first-order valence-electron chi connectivity index (χ1n) is 8.19. The molecule has 2 amide bonds. The van der Waals surface area contributed by atoms with E-state index in [4.69, 9.17) is 11.6 Å². The number of carbonyl (C=O) groups excluding carboxylic acids is 2. The number of nitrogens with zero attached hydrogens (tertiary/aromatic N) is 2. The molecule has 0 atom stereocenters. The predicted molar refractivity (Wildman–Crippen MR) is 107 cm³/mol. The molecule has 0 aliphatic carbocycles. The molecule has 0 bridgehead atoms. The van der Waals surface area contributed by atoms with Gasteiger partial charge in [-0.15, -0.1) is 10.2 Å². The lowest BCUT2D eigenvalue weighted by Gasteiger charge is -2.07. The second-order valence-corrected chi connectivity index (χ2v) is 7.06. The highest BCUT2D eigenvalue weighted by molar-refractivity contribution is 7.99. The number of benzene rings is 2. The number of anilines is 2. The molecule has 6 nitrogen and oxygen atoms in total. The topological polar surface area (TPSA) is 84.0 Å². The number of thioether (sulfide) groups is 1. The molecule has 0 aliphatic rings. The average molecular weight is 435 g/mol. The van der Waals surface area contributed by atoms with Gasteiger partial charge in [0.2, 0.25) is 5.91 Å². The SMILES string of the molecule is O=C(CSc1ccc(NC(=O)c2ccccc2F)nn1)Nc1ccc(F)c(Cl)c1. The Balaban J connectivity index is 1.52. The van der Waals surface area contributed by atoms with Crippen molar-refractivity contribution in [2.24, 2.45) is 0 Å². The number of hydrogen-bond acceptors (Lipinski definition) is 5. The summed E-state index contributed by atoms with van der Waals surface area (Å²) in [5.41, 5.74) is 0.268. The Bertz CT molecular complexity index is 1050. The molecule has 0 radical (unpaired) electrons. The molecule has 0 spiro atoms. The largest absolute Gasteiger partial charge is 0.325 e. The Kier molecular flexibility index (Phi) is 6.73. The van der Waals surface area contributed by atoms with Crippen LogP contribution in [0, 0.1) is 11.6 Å². The Hall–Kier alpha value is -3.04. The maximum atomic E-state index is 13.6. The second-order valence-electron chi connectivity index (χ2n) is 5.66. The number of hydrogen-bond donors (Lipinski definition) is 2. The van der Waals surface area contributed by atoms with E-state index in [1.165, 1.54) is 36.4 Å². The smallest absolute Gasteiger partial charge is 0.259 e. The van der Waals surface area contributed by atoms with Crippen LogP contribution in [0.1, 0.15) is 10.4 Å². The van der Waals surface area contributed by atoms with Crippen molar-refractivity contribution in [1.29, 1.82) is 0 Å². The summed E-state index contributed by atoms with van der Waals surface area (Å²) in [4.78, 5) is 24.0. The van der Waals surface area contributed by atoms with Crippen LogP contribution in [0.4, 0.5) is 20.3 Å². The first-order valence-corrected chi connectivity index (χ1v) is 9.56. The van der Waals surface area contributed by atoms with E-state index in [1.54, 1.807) is 12.1 Å². The third-order valence-electron chi connectivity index (χ3n) is 3.55. The van der Waals surface area contributed by atoms with E-state index in [1.807, 2.05) is 0 Å². The van der Waals surface area contributed by atoms with Crippen molar-refractivity contribution in [3.8, 4) is 0 Å². The van der Waals surface area contributed by atoms with Crippen molar-refractivity contribution in [1.82, 2.24) is 10.2 Å². The van der Waals surface area contributed by atoms with E-state index in [9.17, 15) is 18.4 Å². The van der Waals surface area contributed by atoms with E-state index in [0.29, 0.717) is 10.7 Å². The molecule has 3 rings (SSSR count). The fourth-order valence-electron chi connectivity index (χ4n) is 2.20. The summed E-state index contributed by atoms with van der Waals surface area (Å²) in [5.74, 6) is -2.01. The summed E-state index contributed by atoms with van der Waals surface area (Å²) in [6, 6.07) is 12.5. The van der Waals surface area contributed by atoms with Crippen molar-refractivity contribution in [2.45, 2.75) is 5.03 Å². The average Bonchev–Trinajstić information content (AvgIpc) is 2.70. The fourth-order valence-corrected chi connectivity index (χ4v) is 3.00. The van der Waals surface area contributed by atoms with E-state index < -0.39 is 17.5 Å². The molecule has 0 saturated heterocycles. The van der Waals surface area contributed by atoms with Crippen molar-refractivity contribution < 1.29 is 18.4 Å². The van der Waals surface area contributed by atoms with Crippen LogP contribution in [0.15, 0.2) is 59.6 Å². The molecule has 29 heavy (non-hydrogen) atoms. The van der Waals surface area contributed by atoms with Gasteiger partial charge in [0, 0.05) is 5.69 Å². The molecule has 3 aromatic rings. The zero-order valence-electron chi connectivity index (χ0n) is 14.7. The van der Waals surface area contributed by atoms with Crippen LogP contribution in [0.5, 0.6) is 0 Å². The minimum atomic E-state index is -0.643. The quantitative estimate of drug-likeness (QED) is 0.562. The maximum Gasteiger partial charge on any atom is 0.259 e.